The average molecular weight is 472 g/mol. The van der Waals surface area contributed by atoms with Crippen molar-refractivity contribution in [3.8, 4) is 5.75 Å². The molecule has 35 heavy (non-hydrogen) atoms. The van der Waals surface area contributed by atoms with Gasteiger partial charge < -0.3 is 24.6 Å². The molecular formula is C27H29N5O3. The maximum absolute atomic E-state index is 13.8. The number of hydrogen-bond donors (Lipinski definition) is 1. The van der Waals surface area contributed by atoms with Gasteiger partial charge in [0.15, 0.2) is 5.82 Å². The quantitative estimate of drug-likeness (QED) is 0.551. The second kappa shape index (κ2) is 10.2. The van der Waals surface area contributed by atoms with Gasteiger partial charge in [-0.2, -0.15) is 0 Å². The molecule has 1 fully saturated rings. The number of fused-ring (bicyclic) bond motifs is 1. The van der Waals surface area contributed by atoms with Crippen LogP contribution < -0.4 is 15.0 Å². The van der Waals surface area contributed by atoms with Gasteiger partial charge in [-0.05, 0) is 29.8 Å². The van der Waals surface area contributed by atoms with Crippen LogP contribution in [0.2, 0.25) is 0 Å². The van der Waals surface area contributed by atoms with E-state index in [0.717, 1.165) is 23.5 Å². The molecule has 2 aliphatic rings. The number of nitrogens with one attached hydrogen (secondary N) is 1. The largest absolute Gasteiger partial charge is 0.497 e. The molecule has 0 radical (unpaired) electrons. The molecule has 3 heterocycles. The Hall–Kier alpha value is -3.75. The number of ether oxygens (including phenoxy) is 2. The fraction of sp³-hybridized carbons (Fsp3) is 0.296. The molecule has 1 amide bonds. The molecule has 180 valence electrons. The summed E-state index contributed by atoms with van der Waals surface area (Å²) in [5.74, 6) is 1.76. The Morgan fingerprint density at radius 3 is 2.69 bits per heavy atom. The van der Waals surface area contributed by atoms with Crippen molar-refractivity contribution < 1.29 is 14.3 Å². The zero-order valence-electron chi connectivity index (χ0n) is 19.8. The Balaban J connectivity index is 1.60. The lowest BCUT2D eigenvalue weighted by atomic mass is 10.1. The van der Waals surface area contributed by atoms with Crippen LogP contribution in [0.4, 0.5) is 11.5 Å². The number of methoxy groups -OCH3 is 1. The number of amides is 1. The van der Waals surface area contributed by atoms with E-state index in [1.54, 1.807) is 13.3 Å². The topological polar surface area (TPSA) is 79.8 Å². The summed E-state index contributed by atoms with van der Waals surface area (Å²) in [5.41, 5.74) is 2.40. The Morgan fingerprint density at radius 2 is 2.00 bits per heavy atom. The van der Waals surface area contributed by atoms with Gasteiger partial charge in [0.25, 0.3) is 5.91 Å². The van der Waals surface area contributed by atoms with Gasteiger partial charge in [-0.25, -0.2) is 9.97 Å². The molecule has 8 heteroatoms. The molecule has 1 aromatic heterocycles. The molecule has 0 spiro atoms. The van der Waals surface area contributed by atoms with Crippen molar-refractivity contribution in [2.75, 3.05) is 38.3 Å². The second-order valence-electron chi connectivity index (χ2n) is 8.57. The number of benzene rings is 2. The van der Waals surface area contributed by atoms with Gasteiger partial charge in [0.2, 0.25) is 0 Å². The highest BCUT2D eigenvalue weighted by Crippen LogP contribution is 2.35. The minimum Gasteiger partial charge on any atom is -0.497 e. The van der Waals surface area contributed by atoms with Crippen molar-refractivity contribution in [1.82, 2.24) is 20.2 Å². The number of anilines is 2. The number of morpholine rings is 1. The van der Waals surface area contributed by atoms with E-state index in [4.69, 9.17) is 14.5 Å². The van der Waals surface area contributed by atoms with E-state index in [0.29, 0.717) is 43.4 Å². The average Bonchev–Trinajstić information content (AvgIpc) is 3.03. The number of nitrogens with zero attached hydrogens (tertiary/aromatic N) is 4. The zero-order chi connectivity index (χ0) is 24.2. The molecule has 1 N–H and O–H groups in total. The van der Waals surface area contributed by atoms with Crippen LogP contribution in [-0.2, 0) is 11.3 Å². The van der Waals surface area contributed by atoms with Crippen molar-refractivity contribution >= 4 is 17.4 Å². The Kier molecular flexibility index (Phi) is 6.74. The highest BCUT2D eigenvalue weighted by Gasteiger charge is 2.35. The van der Waals surface area contributed by atoms with E-state index in [-0.39, 0.29) is 18.1 Å². The predicted octanol–water partition coefficient (Wildman–Crippen LogP) is 3.49. The molecule has 0 aliphatic carbocycles. The van der Waals surface area contributed by atoms with E-state index >= 15 is 0 Å². The van der Waals surface area contributed by atoms with Gasteiger partial charge in [-0.3, -0.25) is 4.79 Å². The van der Waals surface area contributed by atoms with Gasteiger partial charge in [-0.15, -0.1) is 6.58 Å². The van der Waals surface area contributed by atoms with Crippen LogP contribution in [0.3, 0.4) is 0 Å². The minimum atomic E-state index is -0.271. The summed E-state index contributed by atoms with van der Waals surface area (Å²) >= 11 is 0. The summed E-state index contributed by atoms with van der Waals surface area (Å²) < 4.78 is 11.3. The molecule has 0 bridgehead atoms. The molecule has 2 atom stereocenters. The fourth-order valence-electron chi connectivity index (χ4n) is 4.50. The van der Waals surface area contributed by atoms with E-state index in [1.165, 1.54) is 0 Å². The number of hydrogen-bond acceptors (Lipinski definition) is 7. The van der Waals surface area contributed by atoms with Gasteiger partial charge in [-0.1, -0.05) is 36.4 Å². The van der Waals surface area contributed by atoms with Gasteiger partial charge in [0.05, 0.1) is 19.8 Å². The predicted molar refractivity (Wildman–Crippen MR) is 134 cm³/mol. The van der Waals surface area contributed by atoms with Crippen molar-refractivity contribution in [2.24, 2.45) is 0 Å². The lowest BCUT2D eigenvalue weighted by Crippen LogP contribution is -2.39. The minimum absolute atomic E-state index is 0.110. The van der Waals surface area contributed by atoms with Crippen molar-refractivity contribution in [1.29, 1.82) is 0 Å². The molecule has 3 aromatic rings. The smallest absolute Gasteiger partial charge is 0.259 e. The first-order valence-corrected chi connectivity index (χ1v) is 11.8. The van der Waals surface area contributed by atoms with Crippen LogP contribution in [0.5, 0.6) is 5.75 Å². The first kappa shape index (κ1) is 23.0. The van der Waals surface area contributed by atoms with Gasteiger partial charge in [0.1, 0.15) is 23.2 Å². The summed E-state index contributed by atoms with van der Waals surface area (Å²) in [6, 6.07) is 17.5. The second-order valence-corrected chi connectivity index (χ2v) is 8.57. The third-order valence-corrected chi connectivity index (χ3v) is 6.33. The zero-order valence-corrected chi connectivity index (χ0v) is 19.8. The lowest BCUT2D eigenvalue weighted by molar-refractivity contribution is 0.0221. The number of aromatic nitrogens is 2. The standard InChI is InChI=1S/C27H29N5O3/c1-3-20-18-31(17-19-7-5-4-6-8-19)27(33)23-15-29-25(24-16-28-13-14-35-24)30-26(23)32(20)21-9-11-22(34-2)12-10-21/h3-12,15,20,24,28H,1,13-14,16-18H2,2H3. The third kappa shape index (κ3) is 4.76. The van der Waals surface area contributed by atoms with Crippen LogP contribution >= 0.6 is 0 Å². The Labute approximate surface area is 205 Å². The maximum Gasteiger partial charge on any atom is 0.259 e. The SMILES string of the molecule is C=CC1CN(Cc2ccccc2)C(=O)c2cnc(C3CNCCO3)nc2N1c1ccc(OC)cc1. The summed E-state index contributed by atoms with van der Waals surface area (Å²) in [6.45, 7) is 7.05. The number of carbonyl (C=O) groups excluding carboxylic acids is 1. The molecule has 2 aromatic carbocycles. The van der Waals surface area contributed by atoms with Crippen LogP contribution in [0.1, 0.15) is 27.8 Å². The van der Waals surface area contributed by atoms with E-state index < -0.39 is 0 Å². The van der Waals surface area contributed by atoms with Crippen molar-refractivity contribution in [3.05, 3.63) is 90.4 Å². The molecule has 1 saturated heterocycles. The van der Waals surface area contributed by atoms with Crippen LogP contribution in [0.15, 0.2) is 73.4 Å². The summed E-state index contributed by atoms with van der Waals surface area (Å²) in [6.07, 6.45) is 3.23. The third-order valence-electron chi connectivity index (χ3n) is 6.33. The van der Waals surface area contributed by atoms with Crippen LogP contribution in [0, 0.1) is 0 Å². The summed E-state index contributed by atoms with van der Waals surface area (Å²) in [5, 5.41) is 3.32. The molecule has 2 unspecified atom stereocenters. The normalized spacial score (nSPS) is 20.2. The molecule has 8 nitrogen and oxygen atoms in total. The van der Waals surface area contributed by atoms with Crippen molar-refractivity contribution in [3.63, 3.8) is 0 Å². The first-order valence-electron chi connectivity index (χ1n) is 11.8. The highest BCUT2D eigenvalue weighted by atomic mass is 16.5. The summed E-state index contributed by atoms with van der Waals surface area (Å²) in [4.78, 5) is 27.2. The highest BCUT2D eigenvalue weighted by molar-refractivity contribution is 6.00. The van der Waals surface area contributed by atoms with Crippen LogP contribution in [0.25, 0.3) is 0 Å². The Bertz CT molecular complexity index is 1180. The summed E-state index contributed by atoms with van der Waals surface area (Å²) in [7, 11) is 1.64. The first-order chi connectivity index (χ1) is 17.2. The van der Waals surface area contributed by atoms with Gasteiger partial charge >= 0.3 is 0 Å². The fourth-order valence-corrected chi connectivity index (χ4v) is 4.50. The molecular weight excluding hydrogens is 442 g/mol. The van der Waals surface area contributed by atoms with E-state index in [2.05, 4.69) is 21.8 Å². The number of carbonyl (C=O) groups is 1. The van der Waals surface area contributed by atoms with Crippen molar-refractivity contribution in [2.45, 2.75) is 18.7 Å². The van der Waals surface area contributed by atoms with Gasteiger partial charge in [0, 0.05) is 38.1 Å². The maximum atomic E-state index is 13.8. The molecule has 5 rings (SSSR count). The molecule has 2 aliphatic heterocycles. The van der Waals surface area contributed by atoms with E-state index in [9.17, 15) is 4.79 Å². The number of rotatable bonds is 6. The Morgan fingerprint density at radius 1 is 1.20 bits per heavy atom. The lowest BCUT2D eigenvalue weighted by Gasteiger charge is -2.32. The molecule has 0 saturated carbocycles. The van der Waals surface area contributed by atoms with Crippen LogP contribution in [-0.4, -0.2) is 60.2 Å². The monoisotopic (exact) mass is 471 g/mol. The van der Waals surface area contributed by atoms with E-state index in [1.807, 2.05) is 65.6 Å².